The molecule has 2 aliphatic heterocycles. The molecule has 5 nitrogen and oxygen atoms in total. The van der Waals surface area contributed by atoms with E-state index in [2.05, 4.69) is 26.2 Å². The molecule has 3 heterocycles. The number of hydrogen-bond acceptors (Lipinski definition) is 5. The van der Waals surface area contributed by atoms with Crippen LogP contribution in [0.2, 0.25) is 0 Å². The zero-order valence-corrected chi connectivity index (χ0v) is 11.0. The van der Waals surface area contributed by atoms with Gasteiger partial charge in [-0.2, -0.15) is 0 Å². The summed E-state index contributed by atoms with van der Waals surface area (Å²) < 4.78 is 4.82. The molecule has 2 saturated heterocycles. The van der Waals surface area contributed by atoms with Gasteiger partial charge in [-0.1, -0.05) is 6.07 Å². The first-order chi connectivity index (χ1) is 9.40. The molecule has 0 amide bonds. The lowest BCUT2D eigenvalue weighted by Crippen LogP contribution is -2.51. The van der Waals surface area contributed by atoms with Crippen LogP contribution in [0.5, 0.6) is 0 Å². The van der Waals surface area contributed by atoms with Gasteiger partial charge in [-0.25, -0.2) is 4.63 Å². The summed E-state index contributed by atoms with van der Waals surface area (Å²) in [5.74, 6) is 0.799. The number of fused-ring (bicyclic) bond motifs is 1. The van der Waals surface area contributed by atoms with Crippen molar-refractivity contribution in [2.75, 3.05) is 37.6 Å². The Hall–Kier alpha value is -1.62. The maximum absolute atomic E-state index is 4.82. The average molecular weight is 258 g/mol. The van der Waals surface area contributed by atoms with Crippen molar-refractivity contribution in [2.45, 2.75) is 12.8 Å². The first-order valence-corrected chi connectivity index (χ1v) is 7.09. The molecular weight excluding hydrogens is 240 g/mol. The summed E-state index contributed by atoms with van der Waals surface area (Å²) in [6, 6.07) is 6.07. The molecule has 0 spiro atoms. The van der Waals surface area contributed by atoms with Crippen LogP contribution in [-0.2, 0) is 0 Å². The molecule has 1 aromatic heterocycles. The van der Waals surface area contributed by atoms with Gasteiger partial charge >= 0.3 is 0 Å². The van der Waals surface area contributed by atoms with Gasteiger partial charge in [0.2, 0.25) is 0 Å². The minimum Gasteiger partial charge on any atom is -0.369 e. The van der Waals surface area contributed by atoms with Crippen molar-refractivity contribution < 1.29 is 4.63 Å². The van der Waals surface area contributed by atoms with E-state index in [4.69, 9.17) is 4.63 Å². The molecule has 2 aliphatic rings. The molecule has 19 heavy (non-hydrogen) atoms. The van der Waals surface area contributed by atoms with Crippen LogP contribution in [0.25, 0.3) is 11.0 Å². The van der Waals surface area contributed by atoms with Crippen LogP contribution in [0, 0.1) is 5.92 Å². The predicted octanol–water partition coefficient (Wildman–Crippen LogP) is 1.75. The van der Waals surface area contributed by atoms with E-state index in [1.54, 1.807) is 0 Å². The van der Waals surface area contributed by atoms with Crippen LogP contribution in [0.15, 0.2) is 22.8 Å². The second-order valence-electron chi connectivity index (χ2n) is 5.69. The van der Waals surface area contributed by atoms with Gasteiger partial charge in [-0.3, -0.25) is 0 Å². The summed E-state index contributed by atoms with van der Waals surface area (Å²) in [6.45, 7) is 6.09. The minimum absolute atomic E-state index is 0.799. The molecule has 2 fully saturated rings. The highest BCUT2D eigenvalue weighted by molar-refractivity contribution is 5.87. The molecule has 0 radical (unpaired) electrons. The fraction of sp³-hybridized carbons (Fsp3) is 0.571. The summed E-state index contributed by atoms with van der Waals surface area (Å²) in [5.41, 5.74) is 2.90. The number of aromatic nitrogens is 2. The van der Waals surface area contributed by atoms with Crippen molar-refractivity contribution >= 4 is 16.7 Å². The Labute approximate surface area is 112 Å². The lowest BCUT2D eigenvalue weighted by atomic mass is 9.98. The summed E-state index contributed by atoms with van der Waals surface area (Å²) >= 11 is 0. The zero-order chi connectivity index (χ0) is 12.7. The normalized spacial score (nSPS) is 21.2. The summed E-state index contributed by atoms with van der Waals surface area (Å²) in [7, 11) is 0. The zero-order valence-electron chi connectivity index (χ0n) is 11.0. The Balaban J connectivity index is 1.43. The predicted molar refractivity (Wildman–Crippen MR) is 73.2 cm³/mol. The molecule has 0 N–H and O–H groups in total. The fourth-order valence-electron chi connectivity index (χ4n) is 3.26. The highest BCUT2D eigenvalue weighted by atomic mass is 16.6. The standard InChI is InChI=1S/C14H18N4O/c1-2-7-17(6-1)8-11-9-18(10-11)13-5-3-4-12-14(13)16-19-15-12/h3-5,11H,1-2,6-10H2. The van der Waals surface area contributed by atoms with E-state index in [0.29, 0.717) is 0 Å². The number of nitrogens with zero attached hydrogens (tertiary/aromatic N) is 4. The van der Waals surface area contributed by atoms with Gasteiger partial charge in [0.15, 0.2) is 5.52 Å². The second kappa shape index (κ2) is 4.49. The fourth-order valence-corrected chi connectivity index (χ4v) is 3.26. The van der Waals surface area contributed by atoms with Crippen LogP contribution >= 0.6 is 0 Å². The van der Waals surface area contributed by atoms with Gasteiger partial charge < -0.3 is 9.80 Å². The monoisotopic (exact) mass is 258 g/mol. The summed E-state index contributed by atoms with van der Waals surface area (Å²) in [4.78, 5) is 4.98. The highest BCUT2D eigenvalue weighted by Crippen LogP contribution is 2.30. The van der Waals surface area contributed by atoms with Gasteiger partial charge in [0, 0.05) is 25.6 Å². The molecule has 0 aliphatic carbocycles. The molecule has 1 aromatic carbocycles. The van der Waals surface area contributed by atoms with Gasteiger partial charge in [0.25, 0.3) is 0 Å². The maximum Gasteiger partial charge on any atom is 0.158 e. The number of anilines is 1. The number of hydrogen-bond donors (Lipinski definition) is 0. The molecule has 0 atom stereocenters. The van der Waals surface area contributed by atoms with E-state index in [1.807, 2.05) is 12.1 Å². The average Bonchev–Trinajstić information content (AvgIpc) is 3.03. The summed E-state index contributed by atoms with van der Waals surface area (Å²) in [5, 5.41) is 7.91. The Bertz CT molecular complexity index is 570. The van der Waals surface area contributed by atoms with Crippen molar-refractivity contribution in [3.63, 3.8) is 0 Å². The molecule has 0 saturated carbocycles. The SMILES string of the molecule is c1cc(N2CC(CN3CCCC3)C2)c2nonc2c1. The first-order valence-electron chi connectivity index (χ1n) is 7.09. The molecule has 4 rings (SSSR count). The van der Waals surface area contributed by atoms with E-state index in [1.165, 1.54) is 32.5 Å². The van der Waals surface area contributed by atoms with Crippen molar-refractivity contribution in [3.05, 3.63) is 18.2 Å². The quantitative estimate of drug-likeness (QED) is 0.839. The number of rotatable bonds is 3. The Morgan fingerprint density at radius 1 is 1.16 bits per heavy atom. The third-order valence-corrected chi connectivity index (χ3v) is 4.28. The molecule has 0 bridgehead atoms. The summed E-state index contributed by atoms with van der Waals surface area (Å²) in [6.07, 6.45) is 2.75. The lowest BCUT2D eigenvalue weighted by molar-refractivity contribution is 0.247. The topological polar surface area (TPSA) is 45.4 Å². The first kappa shape index (κ1) is 11.2. The van der Waals surface area contributed by atoms with Crippen LogP contribution in [-0.4, -0.2) is 47.9 Å². The Morgan fingerprint density at radius 3 is 2.84 bits per heavy atom. The van der Waals surface area contributed by atoms with Crippen LogP contribution in [0.3, 0.4) is 0 Å². The minimum atomic E-state index is 0.799. The molecule has 0 unspecified atom stereocenters. The molecule has 100 valence electrons. The van der Waals surface area contributed by atoms with Crippen molar-refractivity contribution in [3.8, 4) is 0 Å². The third kappa shape index (κ3) is 1.98. The second-order valence-corrected chi connectivity index (χ2v) is 5.69. The molecule has 2 aromatic rings. The maximum atomic E-state index is 4.82. The molecular formula is C14H18N4O. The number of likely N-dealkylation sites (tertiary alicyclic amines) is 1. The van der Waals surface area contributed by atoms with Crippen LogP contribution in [0.4, 0.5) is 5.69 Å². The smallest absolute Gasteiger partial charge is 0.158 e. The van der Waals surface area contributed by atoms with E-state index in [-0.39, 0.29) is 0 Å². The van der Waals surface area contributed by atoms with Gasteiger partial charge in [-0.15, -0.1) is 0 Å². The van der Waals surface area contributed by atoms with E-state index in [9.17, 15) is 0 Å². The Kier molecular flexibility index (Phi) is 2.65. The lowest BCUT2D eigenvalue weighted by Gasteiger charge is -2.42. The Morgan fingerprint density at radius 2 is 2.00 bits per heavy atom. The van der Waals surface area contributed by atoms with E-state index < -0.39 is 0 Å². The van der Waals surface area contributed by atoms with Crippen molar-refractivity contribution in [2.24, 2.45) is 5.92 Å². The third-order valence-electron chi connectivity index (χ3n) is 4.28. The van der Waals surface area contributed by atoms with Gasteiger partial charge in [-0.05, 0) is 48.4 Å². The molecule has 5 heteroatoms. The van der Waals surface area contributed by atoms with Gasteiger partial charge in [0.05, 0.1) is 5.69 Å². The van der Waals surface area contributed by atoms with Gasteiger partial charge in [0.1, 0.15) is 5.52 Å². The van der Waals surface area contributed by atoms with E-state index in [0.717, 1.165) is 35.7 Å². The highest BCUT2D eigenvalue weighted by Gasteiger charge is 2.30. The van der Waals surface area contributed by atoms with Crippen LogP contribution < -0.4 is 4.90 Å². The number of benzene rings is 1. The van der Waals surface area contributed by atoms with Crippen LogP contribution in [0.1, 0.15) is 12.8 Å². The van der Waals surface area contributed by atoms with E-state index >= 15 is 0 Å². The van der Waals surface area contributed by atoms with Crippen molar-refractivity contribution in [1.82, 2.24) is 15.2 Å². The van der Waals surface area contributed by atoms with Crippen molar-refractivity contribution in [1.29, 1.82) is 0 Å². The largest absolute Gasteiger partial charge is 0.369 e.